The van der Waals surface area contributed by atoms with E-state index in [0.717, 1.165) is 19.6 Å². The molecule has 0 aromatic carbocycles. The molecule has 1 aliphatic rings. The highest BCUT2D eigenvalue weighted by atomic mass is 35.5. The first kappa shape index (κ1) is 16.0. The van der Waals surface area contributed by atoms with Crippen LogP contribution in [0.15, 0.2) is 11.6 Å². The van der Waals surface area contributed by atoms with Gasteiger partial charge in [-0.25, -0.2) is 0 Å². The van der Waals surface area contributed by atoms with Crippen molar-refractivity contribution in [3.05, 3.63) is 11.6 Å². The minimum absolute atomic E-state index is 0.280. The summed E-state index contributed by atoms with van der Waals surface area (Å²) in [6, 6.07) is 0.566. The third kappa shape index (κ3) is 3.72. The Morgan fingerprint density at radius 2 is 1.94 bits per heavy atom. The van der Waals surface area contributed by atoms with E-state index in [0.29, 0.717) is 11.5 Å². The van der Waals surface area contributed by atoms with Gasteiger partial charge in [-0.1, -0.05) is 52.3 Å². The molecular weight excluding hydrogens is 244 g/mol. The van der Waals surface area contributed by atoms with Gasteiger partial charge in [-0.2, -0.15) is 0 Å². The SMILES string of the molecule is CCC1(CC)CN(C/C=C/Cl)C(C(C)(C)C)CN1. The molecule has 1 atom stereocenters. The highest BCUT2D eigenvalue weighted by Crippen LogP contribution is 2.31. The molecule has 0 amide bonds. The normalized spacial score (nSPS) is 25.8. The van der Waals surface area contributed by atoms with Crippen molar-refractivity contribution in [2.24, 2.45) is 5.41 Å². The van der Waals surface area contributed by atoms with Crippen LogP contribution in [-0.2, 0) is 0 Å². The van der Waals surface area contributed by atoms with E-state index in [2.05, 4.69) is 50.9 Å². The first-order valence-electron chi connectivity index (χ1n) is 7.13. The van der Waals surface area contributed by atoms with E-state index in [1.54, 1.807) is 5.54 Å². The molecule has 0 aliphatic carbocycles. The summed E-state index contributed by atoms with van der Waals surface area (Å²) in [5, 5.41) is 3.80. The maximum atomic E-state index is 5.70. The zero-order valence-corrected chi connectivity index (χ0v) is 13.3. The van der Waals surface area contributed by atoms with Crippen LogP contribution < -0.4 is 5.32 Å². The average Bonchev–Trinajstić information content (AvgIpc) is 2.34. The smallest absolute Gasteiger partial charge is 0.0304 e. The van der Waals surface area contributed by atoms with Gasteiger partial charge in [0.1, 0.15) is 0 Å². The molecule has 0 saturated carbocycles. The Bertz CT molecular complexity index is 277. The van der Waals surface area contributed by atoms with Crippen LogP contribution in [0.4, 0.5) is 0 Å². The van der Waals surface area contributed by atoms with E-state index in [1.165, 1.54) is 12.8 Å². The minimum atomic E-state index is 0.280. The minimum Gasteiger partial charge on any atom is -0.308 e. The second-order valence-corrected chi connectivity index (χ2v) is 6.79. The standard InChI is InChI=1S/C15H29ClN2/c1-6-15(7-2)12-18(10-8-9-16)13(11-17-15)14(3,4)5/h8-9,13,17H,6-7,10-12H2,1-5H3/b9-8+. The number of nitrogens with one attached hydrogen (secondary N) is 1. The van der Waals surface area contributed by atoms with Crippen LogP contribution in [0.2, 0.25) is 0 Å². The third-order valence-electron chi connectivity index (χ3n) is 4.40. The molecule has 0 spiro atoms. The van der Waals surface area contributed by atoms with E-state index in [1.807, 2.05) is 0 Å². The second kappa shape index (κ2) is 6.40. The third-order valence-corrected chi connectivity index (χ3v) is 4.58. The second-order valence-electron chi connectivity index (χ2n) is 6.54. The maximum Gasteiger partial charge on any atom is 0.0304 e. The van der Waals surface area contributed by atoms with E-state index in [9.17, 15) is 0 Å². The summed E-state index contributed by atoms with van der Waals surface area (Å²) in [6.45, 7) is 14.7. The Labute approximate surface area is 118 Å². The van der Waals surface area contributed by atoms with Crippen molar-refractivity contribution in [3.8, 4) is 0 Å². The first-order chi connectivity index (χ1) is 8.38. The highest BCUT2D eigenvalue weighted by Gasteiger charge is 2.40. The van der Waals surface area contributed by atoms with Gasteiger partial charge in [0.05, 0.1) is 0 Å². The van der Waals surface area contributed by atoms with Crippen LogP contribution in [0.5, 0.6) is 0 Å². The largest absolute Gasteiger partial charge is 0.308 e. The predicted molar refractivity (Wildman–Crippen MR) is 81.1 cm³/mol. The molecule has 0 radical (unpaired) electrons. The van der Waals surface area contributed by atoms with Crippen molar-refractivity contribution in [2.45, 2.75) is 59.0 Å². The number of hydrogen-bond acceptors (Lipinski definition) is 2. The Morgan fingerprint density at radius 1 is 1.33 bits per heavy atom. The van der Waals surface area contributed by atoms with Crippen molar-refractivity contribution in [2.75, 3.05) is 19.6 Å². The molecule has 1 heterocycles. The lowest BCUT2D eigenvalue weighted by Crippen LogP contribution is -2.66. The quantitative estimate of drug-likeness (QED) is 0.841. The Hall–Kier alpha value is -0.0500. The number of piperazine rings is 1. The zero-order valence-electron chi connectivity index (χ0n) is 12.6. The lowest BCUT2D eigenvalue weighted by molar-refractivity contribution is 0.0273. The average molecular weight is 273 g/mol. The number of hydrogen-bond donors (Lipinski definition) is 1. The van der Waals surface area contributed by atoms with Gasteiger partial charge in [0.2, 0.25) is 0 Å². The predicted octanol–water partition coefficient (Wildman–Crippen LogP) is 3.62. The van der Waals surface area contributed by atoms with Gasteiger partial charge in [-0.3, -0.25) is 4.90 Å². The van der Waals surface area contributed by atoms with Gasteiger partial charge < -0.3 is 5.32 Å². The van der Waals surface area contributed by atoms with Crippen LogP contribution >= 0.6 is 11.6 Å². The van der Waals surface area contributed by atoms with Gasteiger partial charge in [-0.15, -0.1) is 0 Å². The van der Waals surface area contributed by atoms with Crippen molar-refractivity contribution in [3.63, 3.8) is 0 Å². The van der Waals surface area contributed by atoms with E-state index >= 15 is 0 Å². The molecule has 1 rings (SSSR count). The van der Waals surface area contributed by atoms with Gasteiger partial charge >= 0.3 is 0 Å². The fourth-order valence-corrected chi connectivity index (χ4v) is 3.02. The van der Waals surface area contributed by atoms with Crippen molar-refractivity contribution in [1.29, 1.82) is 0 Å². The van der Waals surface area contributed by atoms with Crippen LogP contribution in [0.3, 0.4) is 0 Å². The topological polar surface area (TPSA) is 15.3 Å². The monoisotopic (exact) mass is 272 g/mol. The molecule has 2 nitrogen and oxygen atoms in total. The van der Waals surface area contributed by atoms with Crippen molar-refractivity contribution < 1.29 is 0 Å². The van der Waals surface area contributed by atoms with Gasteiger partial charge in [0.25, 0.3) is 0 Å². The van der Waals surface area contributed by atoms with E-state index in [-0.39, 0.29) is 5.54 Å². The van der Waals surface area contributed by atoms with Gasteiger partial charge in [-0.05, 0) is 18.3 Å². The molecule has 1 N–H and O–H groups in total. The Morgan fingerprint density at radius 3 is 2.39 bits per heavy atom. The fraction of sp³-hybridized carbons (Fsp3) is 0.867. The van der Waals surface area contributed by atoms with E-state index in [4.69, 9.17) is 11.6 Å². The molecule has 1 unspecified atom stereocenters. The molecule has 0 aromatic rings. The van der Waals surface area contributed by atoms with Gasteiger partial charge in [0, 0.05) is 36.8 Å². The van der Waals surface area contributed by atoms with Crippen LogP contribution in [0.25, 0.3) is 0 Å². The maximum absolute atomic E-state index is 5.70. The molecule has 3 heteroatoms. The van der Waals surface area contributed by atoms with Crippen LogP contribution in [0.1, 0.15) is 47.5 Å². The number of nitrogens with zero attached hydrogens (tertiary/aromatic N) is 1. The van der Waals surface area contributed by atoms with Crippen molar-refractivity contribution >= 4 is 11.6 Å². The van der Waals surface area contributed by atoms with Gasteiger partial charge in [0.15, 0.2) is 0 Å². The Balaban J connectivity index is 2.85. The van der Waals surface area contributed by atoms with E-state index < -0.39 is 0 Å². The fourth-order valence-electron chi connectivity index (χ4n) is 2.94. The summed E-state index contributed by atoms with van der Waals surface area (Å²) in [5.74, 6) is 0. The summed E-state index contributed by atoms with van der Waals surface area (Å²) >= 11 is 5.70. The van der Waals surface area contributed by atoms with Crippen LogP contribution in [0, 0.1) is 5.41 Å². The molecule has 1 saturated heterocycles. The first-order valence-corrected chi connectivity index (χ1v) is 7.56. The van der Waals surface area contributed by atoms with Crippen LogP contribution in [-0.4, -0.2) is 36.1 Å². The molecule has 0 aromatic heterocycles. The summed E-state index contributed by atoms with van der Waals surface area (Å²) in [6.07, 6.45) is 4.42. The molecule has 18 heavy (non-hydrogen) atoms. The molecular formula is C15H29ClN2. The highest BCUT2D eigenvalue weighted by molar-refractivity contribution is 6.25. The Kier molecular flexibility index (Phi) is 5.69. The lowest BCUT2D eigenvalue weighted by Gasteiger charge is -2.51. The van der Waals surface area contributed by atoms with Crippen molar-refractivity contribution in [1.82, 2.24) is 10.2 Å². The number of halogens is 1. The summed E-state index contributed by atoms with van der Waals surface area (Å²) in [7, 11) is 0. The summed E-state index contributed by atoms with van der Waals surface area (Å²) in [4.78, 5) is 2.59. The molecule has 1 aliphatic heterocycles. The summed E-state index contributed by atoms with van der Waals surface area (Å²) in [5.41, 5.74) is 2.21. The molecule has 106 valence electrons. The zero-order chi connectivity index (χ0) is 13.8. The lowest BCUT2D eigenvalue weighted by atomic mass is 9.80. The molecule has 1 fully saturated rings. The number of rotatable bonds is 4. The molecule has 0 bridgehead atoms. The summed E-state index contributed by atoms with van der Waals surface area (Å²) < 4.78 is 0.